The maximum absolute atomic E-state index is 12.3. The molecule has 1 heterocycles. The molecule has 0 saturated carbocycles. The van der Waals surface area contributed by atoms with E-state index in [9.17, 15) is 4.79 Å². The van der Waals surface area contributed by atoms with Crippen molar-refractivity contribution in [2.24, 2.45) is 10.9 Å². The van der Waals surface area contributed by atoms with Crippen molar-refractivity contribution in [3.8, 4) is 0 Å². The van der Waals surface area contributed by atoms with E-state index in [1.165, 1.54) is 6.20 Å². The molecule has 0 aliphatic carbocycles. The summed E-state index contributed by atoms with van der Waals surface area (Å²) in [6.45, 7) is 6.02. The molecule has 6 nitrogen and oxygen atoms in total. The molecule has 0 unspecified atom stereocenters. The Morgan fingerprint density at radius 3 is 2.58 bits per heavy atom. The first-order valence-electron chi connectivity index (χ1n) is 6.05. The number of aromatic nitrogens is 1. The number of hydrogen-bond acceptors (Lipinski definition) is 4. The van der Waals surface area contributed by atoms with Crippen LogP contribution in [0.4, 0.5) is 0 Å². The van der Waals surface area contributed by atoms with Crippen LogP contribution in [0.1, 0.15) is 43.2 Å². The molecule has 1 aromatic heterocycles. The van der Waals surface area contributed by atoms with Crippen molar-refractivity contribution in [1.82, 2.24) is 9.88 Å². The third kappa shape index (κ3) is 3.21. The Hall–Kier alpha value is -2.11. The second kappa shape index (κ2) is 5.69. The fourth-order valence-corrected chi connectivity index (χ4v) is 1.41. The largest absolute Gasteiger partial charge is 0.409 e. The zero-order chi connectivity index (χ0) is 14.6. The number of nitrogens with two attached hydrogens (primary N) is 1. The zero-order valence-electron chi connectivity index (χ0n) is 11.7. The van der Waals surface area contributed by atoms with Gasteiger partial charge in [-0.25, -0.2) is 0 Å². The molecule has 0 radical (unpaired) electrons. The van der Waals surface area contributed by atoms with Crippen LogP contribution in [0.2, 0.25) is 0 Å². The van der Waals surface area contributed by atoms with Gasteiger partial charge in [0.2, 0.25) is 0 Å². The van der Waals surface area contributed by atoms with E-state index < -0.39 is 0 Å². The van der Waals surface area contributed by atoms with Crippen molar-refractivity contribution < 1.29 is 10.0 Å². The van der Waals surface area contributed by atoms with Gasteiger partial charge in [-0.1, -0.05) is 12.1 Å². The number of hydrogen-bond donors (Lipinski definition) is 2. The van der Waals surface area contributed by atoms with Gasteiger partial charge in [-0.15, -0.1) is 0 Å². The van der Waals surface area contributed by atoms with Crippen LogP contribution in [0, 0.1) is 0 Å². The number of nitrogens with zero attached hydrogens (tertiary/aromatic N) is 3. The first-order valence-corrected chi connectivity index (χ1v) is 6.05. The van der Waals surface area contributed by atoms with Crippen molar-refractivity contribution in [2.45, 2.75) is 32.7 Å². The monoisotopic (exact) mass is 264 g/mol. The molecule has 3 N–H and O–H groups in total. The van der Waals surface area contributed by atoms with E-state index in [1.807, 2.05) is 20.8 Å². The first-order chi connectivity index (χ1) is 8.83. The van der Waals surface area contributed by atoms with Gasteiger partial charge in [-0.2, -0.15) is 0 Å². The smallest absolute Gasteiger partial charge is 0.272 e. The number of amidine groups is 1. The summed E-state index contributed by atoms with van der Waals surface area (Å²) < 4.78 is 0. The van der Waals surface area contributed by atoms with Crippen molar-refractivity contribution in [3.05, 3.63) is 29.6 Å². The second-order valence-corrected chi connectivity index (χ2v) is 4.95. The minimum Gasteiger partial charge on any atom is -0.409 e. The number of rotatable bonds is 4. The lowest BCUT2D eigenvalue weighted by molar-refractivity contribution is 0.0614. The Bertz CT molecular complexity index is 480. The molecule has 104 valence electrons. The quantitative estimate of drug-likeness (QED) is 0.372. The van der Waals surface area contributed by atoms with E-state index in [4.69, 9.17) is 10.9 Å². The molecule has 0 bridgehead atoms. The molecule has 0 atom stereocenters. The van der Waals surface area contributed by atoms with E-state index in [0.717, 1.165) is 6.42 Å². The summed E-state index contributed by atoms with van der Waals surface area (Å²) in [7, 11) is 1.75. The van der Waals surface area contributed by atoms with Gasteiger partial charge >= 0.3 is 0 Å². The van der Waals surface area contributed by atoms with Crippen LogP contribution in [-0.2, 0) is 0 Å². The number of carbonyl (C=O) groups is 1. The predicted octanol–water partition coefficient (Wildman–Crippen LogP) is 1.44. The summed E-state index contributed by atoms with van der Waals surface area (Å²) in [5.74, 6) is -0.188. The van der Waals surface area contributed by atoms with Gasteiger partial charge in [-0.3, -0.25) is 9.78 Å². The van der Waals surface area contributed by atoms with E-state index in [-0.39, 0.29) is 17.3 Å². The first kappa shape index (κ1) is 14.9. The van der Waals surface area contributed by atoms with Crippen LogP contribution in [0.3, 0.4) is 0 Å². The average molecular weight is 264 g/mol. The van der Waals surface area contributed by atoms with E-state index in [0.29, 0.717) is 11.3 Å². The third-order valence-electron chi connectivity index (χ3n) is 3.46. The Kier molecular flexibility index (Phi) is 4.47. The zero-order valence-corrected chi connectivity index (χ0v) is 11.7. The molecule has 0 fully saturated rings. The highest BCUT2D eigenvalue weighted by Crippen LogP contribution is 2.18. The Balaban J connectivity index is 2.96. The van der Waals surface area contributed by atoms with Gasteiger partial charge in [0.15, 0.2) is 5.84 Å². The van der Waals surface area contributed by atoms with Gasteiger partial charge in [-0.05, 0) is 32.4 Å². The molecule has 1 aromatic rings. The Morgan fingerprint density at radius 1 is 1.53 bits per heavy atom. The van der Waals surface area contributed by atoms with E-state index in [2.05, 4.69) is 10.1 Å². The topological polar surface area (TPSA) is 91.8 Å². The van der Waals surface area contributed by atoms with E-state index in [1.54, 1.807) is 24.1 Å². The molecule has 1 rings (SSSR count). The standard InChI is InChI=1S/C13H20N4O2/c1-5-13(2,3)17(4)12(18)10-7-6-9(8-15-10)11(14)16-19/h6-8,19H,5H2,1-4H3,(H2,14,16). The molecule has 0 aromatic carbocycles. The van der Waals surface area contributed by atoms with Crippen LogP contribution in [0.25, 0.3) is 0 Å². The van der Waals surface area contributed by atoms with Gasteiger partial charge in [0, 0.05) is 24.3 Å². The number of pyridine rings is 1. The Labute approximate surface area is 112 Å². The van der Waals surface area contributed by atoms with Crippen molar-refractivity contribution >= 4 is 11.7 Å². The van der Waals surface area contributed by atoms with Crippen molar-refractivity contribution in [3.63, 3.8) is 0 Å². The molecule has 0 spiro atoms. The lowest BCUT2D eigenvalue weighted by Gasteiger charge is -2.34. The summed E-state index contributed by atoms with van der Waals surface area (Å²) in [6, 6.07) is 3.17. The lowest BCUT2D eigenvalue weighted by atomic mass is 9.99. The predicted molar refractivity (Wildman–Crippen MR) is 73.2 cm³/mol. The minimum atomic E-state index is -0.233. The fraction of sp³-hybridized carbons (Fsp3) is 0.462. The molecule has 0 aliphatic heterocycles. The highest BCUT2D eigenvalue weighted by Gasteiger charge is 2.27. The van der Waals surface area contributed by atoms with Crippen LogP contribution in [-0.4, -0.2) is 39.4 Å². The normalized spacial score (nSPS) is 12.3. The van der Waals surface area contributed by atoms with Crippen LogP contribution < -0.4 is 5.73 Å². The average Bonchev–Trinajstić information content (AvgIpc) is 2.44. The number of carbonyl (C=O) groups excluding carboxylic acids is 1. The third-order valence-corrected chi connectivity index (χ3v) is 3.46. The maximum Gasteiger partial charge on any atom is 0.272 e. The second-order valence-electron chi connectivity index (χ2n) is 4.95. The van der Waals surface area contributed by atoms with Crippen molar-refractivity contribution in [1.29, 1.82) is 0 Å². The molecular weight excluding hydrogens is 244 g/mol. The summed E-state index contributed by atoms with van der Waals surface area (Å²) in [5, 5.41) is 11.4. The van der Waals surface area contributed by atoms with E-state index >= 15 is 0 Å². The summed E-state index contributed by atoms with van der Waals surface area (Å²) in [5.41, 5.74) is 6.00. The van der Waals surface area contributed by atoms with Gasteiger partial charge < -0.3 is 15.8 Å². The van der Waals surface area contributed by atoms with Crippen LogP contribution >= 0.6 is 0 Å². The highest BCUT2D eigenvalue weighted by atomic mass is 16.4. The molecule has 0 aliphatic rings. The number of oxime groups is 1. The summed E-state index contributed by atoms with van der Waals surface area (Å²) in [6.07, 6.45) is 2.26. The molecule has 6 heteroatoms. The highest BCUT2D eigenvalue weighted by molar-refractivity contribution is 5.98. The molecule has 19 heavy (non-hydrogen) atoms. The fourth-order valence-electron chi connectivity index (χ4n) is 1.41. The lowest BCUT2D eigenvalue weighted by Crippen LogP contribution is -2.44. The van der Waals surface area contributed by atoms with Crippen LogP contribution in [0.15, 0.2) is 23.5 Å². The Morgan fingerprint density at radius 2 is 2.16 bits per heavy atom. The summed E-state index contributed by atoms with van der Waals surface area (Å²) >= 11 is 0. The molecule has 1 amide bonds. The summed E-state index contributed by atoms with van der Waals surface area (Å²) in [4.78, 5) is 18.0. The number of amides is 1. The SMILES string of the molecule is CCC(C)(C)N(C)C(=O)c1ccc(C(N)=NO)cn1. The molecule has 0 saturated heterocycles. The van der Waals surface area contributed by atoms with Gasteiger partial charge in [0.05, 0.1) is 0 Å². The van der Waals surface area contributed by atoms with Gasteiger partial charge in [0.25, 0.3) is 5.91 Å². The maximum atomic E-state index is 12.3. The molecular formula is C13H20N4O2. The minimum absolute atomic E-state index is 0.0336. The van der Waals surface area contributed by atoms with Crippen molar-refractivity contribution in [2.75, 3.05) is 7.05 Å². The van der Waals surface area contributed by atoms with Crippen LogP contribution in [0.5, 0.6) is 0 Å². The van der Waals surface area contributed by atoms with Gasteiger partial charge in [0.1, 0.15) is 5.69 Å².